The van der Waals surface area contributed by atoms with Crippen molar-refractivity contribution in [1.29, 1.82) is 0 Å². The van der Waals surface area contributed by atoms with Crippen molar-refractivity contribution in [2.24, 2.45) is 0 Å². The number of aliphatic hydroxyl groups is 1. The van der Waals surface area contributed by atoms with E-state index in [2.05, 4.69) is 9.97 Å². The van der Waals surface area contributed by atoms with Gasteiger partial charge in [0.05, 0.1) is 21.3 Å². The zero-order chi connectivity index (χ0) is 14.1. The quantitative estimate of drug-likeness (QED) is 0.778. The number of aromatic nitrogens is 2. The Kier molecular flexibility index (Phi) is 3.57. The van der Waals surface area contributed by atoms with E-state index in [0.29, 0.717) is 21.3 Å². The van der Waals surface area contributed by atoms with Gasteiger partial charge >= 0.3 is 0 Å². The summed E-state index contributed by atoms with van der Waals surface area (Å²) in [5, 5.41) is 12.1. The van der Waals surface area contributed by atoms with Gasteiger partial charge < -0.3 is 5.11 Å². The molecule has 0 saturated heterocycles. The molecule has 0 radical (unpaired) electrons. The fraction of sp³-hybridized carbons (Fsp3) is 0.0667. The zero-order valence-electron chi connectivity index (χ0n) is 10.3. The minimum absolute atomic E-state index is 0.344. The third kappa shape index (κ3) is 2.48. The predicted molar refractivity (Wildman–Crippen MR) is 80.1 cm³/mol. The van der Waals surface area contributed by atoms with Gasteiger partial charge in [0.1, 0.15) is 6.10 Å². The van der Waals surface area contributed by atoms with Crippen LogP contribution in [0.4, 0.5) is 0 Å². The highest BCUT2D eigenvalue weighted by atomic mass is 35.5. The van der Waals surface area contributed by atoms with Gasteiger partial charge in [0.25, 0.3) is 0 Å². The summed E-state index contributed by atoms with van der Waals surface area (Å²) in [4.78, 5) is 8.35. The molecule has 0 bridgehead atoms. The van der Waals surface area contributed by atoms with Gasteiger partial charge in [-0.2, -0.15) is 0 Å². The normalized spacial score (nSPS) is 12.6. The lowest BCUT2D eigenvalue weighted by Gasteiger charge is -2.12. The monoisotopic (exact) mass is 304 g/mol. The Morgan fingerprint density at radius 1 is 1.05 bits per heavy atom. The van der Waals surface area contributed by atoms with Crippen molar-refractivity contribution in [2.45, 2.75) is 6.10 Å². The summed E-state index contributed by atoms with van der Waals surface area (Å²) < 4.78 is 0. The van der Waals surface area contributed by atoms with Gasteiger partial charge in [-0.1, -0.05) is 35.3 Å². The predicted octanol–water partition coefficient (Wildman–Crippen LogP) is 4.02. The first-order chi connectivity index (χ1) is 9.65. The topological polar surface area (TPSA) is 46.0 Å². The molecule has 0 spiro atoms. The molecule has 5 heteroatoms. The molecule has 0 saturated carbocycles. The molecule has 1 unspecified atom stereocenters. The third-order valence-corrected chi connectivity index (χ3v) is 3.55. The molecule has 0 amide bonds. The van der Waals surface area contributed by atoms with Crippen LogP contribution in [0.5, 0.6) is 0 Å². The Bertz CT molecular complexity index is 777. The van der Waals surface area contributed by atoms with Gasteiger partial charge in [0, 0.05) is 17.8 Å². The number of fused-ring (bicyclic) bond motifs is 1. The molecule has 3 nitrogen and oxygen atoms in total. The molecule has 2 heterocycles. The molecular weight excluding hydrogens is 295 g/mol. The second-order valence-corrected chi connectivity index (χ2v) is 5.22. The SMILES string of the molecule is OC(c1ccc2ncccc2c1)c1ncc(Cl)cc1Cl. The van der Waals surface area contributed by atoms with Crippen molar-refractivity contribution in [3.63, 3.8) is 0 Å². The highest BCUT2D eigenvalue weighted by molar-refractivity contribution is 6.34. The second kappa shape index (κ2) is 5.37. The van der Waals surface area contributed by atoms with Crippen LogP contribution in [0.25, 0.3) is 10.9 Å². The molecule has 0 aliphatic heterocycles. The van der Waals surface area contributed by atoms with Crippen LogP contribution in [0.1, 0.15) is 17.4 Å². The van der Waals surface area contributed by atoms with Gasteiger partial charge in [-0.05, 0) is 29.8 Å². The van der Waals surface area contributed by atoms with Crippen LogP contribution in [-0.2, 0) is 0 Å². The first-order valence-electron chi connectivity index (χ1n) is 5.99. The Morgan fingerprint density at radius 2 is 1.90 bits per heavy atom. The van der Waals surface area contributed by atoms with Gasteiger partial charge in [-0.15, -0.1) is 0 Å². The minimum Gasteiger partial charge on any atom is -0.382 e. The van der Waals surface area contributed by atoms with Crippen LogP contribution in [0.15, 0.2) is 48.8 Å². The van der Waals surface area contributed by atoms with Crippen LogP contribution in [-0.4, -0.2) is 15.1 Å². The summed E-state index contributed by atoms with van der Waals surface area (Å²) in [6, 6.07) is 10.9. The zero-order valence-corrected chi connectivity index (χ0v) is 11.8. The minimum atomic E-state index is -0.899. The highest BCUT2D eigenvalue weighted by Gasteiger charge is 2.16. The molecule has 3 aromatic rings. The van der Waals surface area contributed by atoms with Crippen LogP contribution in [0, 0.1) is 0 Å². The molecule has 0 aliphatic carbocycles. The Hall–Kier alpha value is -1.68. The highest BCUT2D eigenvalue weighted by Crippen LogP contribution is 2.29. The van der Waals surface area contributed by atoms with Crippen molar-refractivity contribution in [3.8, 4) is 0 Å². The van der Waals surface area contributed by atoms with E-state index in [0.717, 1.165) is 10.9 Å². The van der Waals surface area contributed by atoms with Gasteiger partial charge in [-0.3, -0.25) is 9.97 Å². The van der Waals surface area contributed by atoms with Crippen LogP contribution < -0.4 is 0 Å². The smallest absolute Gasteiger partial charge is 0.122 e. The van der Waals surface area contributed by atoms with Crippen LogP contribution in [0.2, 0.25) is 10.0 Å². The lowest BCUT2D eigenvalue weighted by molar-refractivity contribution is 0.215. The van der Waals surface area contributed by atoms with Crippen molar-refractivity contribution in [2.75, 3.05) is 0 Å². The van der Waals surface area contributed by atoms with E-state index in [4.69, 9.17) is 23.2 Å². The Labute approximate surface area is 125 Å². The van der Waals surface area contributed by atoms with E-state index < -0.39 is 6.10 Å². The van der Waals surface area contributed by atoms with Crippen LogP contribution >= 0.6 is 23.2 Å². The summed E-state index contributed by atoms with van der Waals surface area (Å²) >= 11 is 11.9. The summed E-state index contributed by atoms with van der Waals surface area (Å²) in [5.74, 6) is 0. The summed E-state index contributed by atoms with van der Waals surface area (Å²) in [6.45, 7) is 0. The Morgan fingerprint density at radius 3 is 2.70 bits per heavy atom. The number of halogens is 2. The first kappa shape index (κ1) is 13.3. The van der Waals surface area contributed by atoms with Crippen molar-refractivity contribution in [3.05, 3.63) is 70.1 Å². The van der Waals surface area contributed by atoms with E-state index >= 15 is 0 Å². The van der Waals surface area contributed by atoms with E-state index in [-0.39, 0.29) is 0 Å². The maximum Gasteiger partial charge on any atom is 0.122 e. The standard InChI is InChI=1S/C15H10Cl2N2O/c16-11-7-12(17)14(19-8-11)15(20)10-3-4-13-9(6-10)2-1-5-18-13/h1-8,15,20H. The van der Waals surface area contributed by atoms with E-state index in [1.165, 1.54) is 6.20 Å². The van der Waals surface area contributed by atoms with E-state index in [9.17, 15) is 5.11 Å². The lowest BCUT2D eigenvalue weighted by atomic mass is 10.0. The van der Waals surface area contributed by atoms with Crippen molar-refractivity contribution >= 4 is 34.1 Å². The number of benzene rings is 1. The fourth-order valence-corrected chi connectivity index (χ4v) is 2.53. The number of rotatable bonds is 2. The maximum absolute atomic E-state index is 10.4. The molecule has 1 atom stereocenters. The average molecular weight is 305 g/mol. The molecule has 2 aromatic heterocycles. The number of aliphatic hydroxyl groups excluding tert-OH is 1. The van der Waals surface area contributed by atoms with Crippen molar-refractivity contribution < 1.29 is 5.11 Å². The molecule has 100 valence electrons. The van der Waals surface area contributed by atoms with E-state index in [1.807, 2.05) is 30.3 Å². The molecule has 0 fully saturated rings. The number of hydrogen-bond acceptors (Lipinski definition) is 3. The number of hydrogen-bond donors (Lipinski definition) is 1. The molecule has 1 N–H and O–H groups in total. The third-order valence-electron chi connectivity index (χ3n) is 3.04. The summed E-state index contributed by atoms with van der Waals surface area (Å²) in [5.41, 5.74) is 1.97. The van der Waals surface area contributed by atoms with Crippen molar-refractivity contribution in [1.82, 2.24) is 9.97 Å². The summed E-state index contributed by atoms with van der Waals surface area (Å²) in [7, 11) is 0. The van der Waals surface area contributed by atoms with Gasteiger partial charge in [0.2, 0.25) is 0 Å². The van der Waals surface area contributed by atoms with Gasteiger partial charge in [0.15, 0.2) is 0 Å². The maximum atomic E-state index is 10.4. The molecular formula is C15H10Cl2N2O. The molecule has 3 rings (SSSR count). The van der Waals surface area contributed by atoms with Gasteiger partial charge in [-0.25, -0.2) is 0 Å². The molecule has 0 aliphatic rings. The second-order valence-electron chi connectivity index (χ2n) is 4.38. The van der Waals surface area contributed by atoms with E-state index in [1.54, 1.807) is 12.3 Å². The Balaban J connectivity index is 2.05. The average Bonchev–Trinajstić information content (AvgIpc) is 2.46. The number of nitrogens with zero attached hydrogens (tertiary/aromatic N) is 2. The van der Waals surface area contributed by atoms with Crippen LogP contribution in [0.3, 0.4) is 0 Å². The number of pyridine rings is 2. The fourth-order valence-electron chi connectivity index (χ4n) is 2.05. The largest absolute Gasteiger partial charge is 0.382 e. The first-order valence-corrected chi connectivity index (χ1v) is 6.74. The molecule has 20 heavy (non-hydrogen) atoms. The lowest BCUT2D eigenvalue weighted by Crippen LogP contribution is -2.03. The molecule has 1 aromatic carbocycles. The summed E-state index contributed by atoms with van der Waals surface area (Å²) in [6.07, 6.45) is 2.30.